The van der Waals surface area contributed by atoms with E-state index in [9.17, 15) is 18.0 Å². The molecule has 12 heteroatoms. The highest BCUT2D eigenvalue weighted by Gasteiger charge is 2.29. The highest BCUT2D eigenvalue weighted by Crippen LogP contribution is 2.34. The van der Waals surface area contributed by atoms with Gasteiger partial charge in [0.05, 0.1) is 0 Å². The van der Waals surface area contributed by atoms with Gasteiger partial charge in [-0.15, -0.1) is 0 Å². The van der Waals surface area contributed by atoms with Crippen molar-refractivity contribution in [2.75, 3.05) is 13.7 Å². The first kappa shape index (κ1) is 23.3. The number of amides is 2. The molecule has 176 valence electrons. The van der Waals surface area contributed by atoms with Crippen molar-refractivity contribution in [3.63, 3.8) is 0 Å². The van der Waals surface area contributed by atoms with E-state index in [1.807, 2.05) is 0 Å². The summed E-state index contributed by atoms with van der Waals surface area (Å²) in [5.41, 5.74) is 1.40. The molecule has 2 heterocycles. The number of sulfonamides is 1. The lowest BCUT2D eigenvalue weighted by atomic mass is 9.86. The number of ether oxygens (including phenoxy) is 1. The van der Waals surface area contributed by atoms with Crippen LogP contribution in [-0.4, -0.2) is 45.0 Å². The van der Waals surface area contributed by atoms with E-state index in [0.29, 0.717) is 29.3 Å². The van der Waals surface area contributed by atoms with Gasteiger partial charge in [0, 0.05) is 24.1 Å². The number of halogens is 1. The Morgan fingerprint density at radius 1 is 1.15 bits per heavy atom. The molecule has 1 aliphatic rings. The smallest absolute Gasteiger partial charge is 0.297 e. The van der Waals surface area contributed by atoms with Crippen LogP contribution in [0.25, 0.3) is 11.1 Å². The molecule has 1 aromatic carbocycles. The van der Waals surface area contributed by atoms with Gasteiger partial charge in [-0.1, -0.05) is 11.6 Å². The van der Waals surface area contributed by atoms with Crippen LogP contribution < -0.4 is 10.0 Å². The van der Waals surface area contributed by atoms with Gasteiger partial charge in [0.15, 0.2) is 17.2 Å². The minimum Gasteiger partial charge on any atom is -0.440 e. The van der Waals surface area contributed by atoms with Crippen molar-refractivity contribution in [2.45, 2.75) is 42.7 Å². The van der Waals surface area contributed by atoms with Crippen LogP contribution in [0.4, 0.5) is 0 Å². The van der Waals surface area contributed by atoms with Crippen molar-refractivity contribution >= 4 is 44.5 Å². The number of rotatable bonds is 7. The lowest BCUT2D eigenvalue weighted by molar-refractivity contribution is -0.122. The molecule has 3 aromatic rings. The highest BCUT2D eigenvalue weighted by molar-refractivity contribution is 7.89. The van der Waals surface area contributed by atoms with Gasteiger partial charge in [-0.3, -0.25) is 9.59 Å². The third-order valence-corrected chi connectivity index (χ3v) is 6.85. The second-order valence-corrected chi connectivity index (χ2v) is 9.82. The Hall–Kier alpha value is -2.89. The van der Waals surface area contributed by atoms with Crippen LogP contribution in [0, 0.1) is 0 Å². The van der Waals surface area contributed by atoms with E-state index in [4.69, 9.17) is 20.4 Å². The Labute approximate surface area is 194 Å². The summed E-state index contributed by atoms with van der Waals surface area (Å²) in [4.78, 5) is 28.5. The topological polar surface area (TPSA) is 141 Å². The second kappa shape index (κ2) is 9.54. The number of methoxy groups -OCH3 is 1. The Morgan fingerprint density at radius 2 is 1.91 bits per heavy atom. The second-order valence-electron chi connectivity index (χ2n) is 7.77. The summed E-state index contributed by atoms with van der Waals surface area (Å²) >= 11 is 6.01. The van der Waals surface area contributed by atoms with Crippen molar-refractivity contribution in [1.29, 1.82) is 0 Å². The van der Waals surface area contributed by atoms with Crippen LogP contribution in [0.15, 0.2) is 44.3 Å². The molecule has 2 aromatic heterocycles. The van der Waals surface area contributed by atoms with Crippen LogP contribution in [-0.2, 0) is 19.6 Å². The maximum atomic E-state index is 12.5. The number of oxazole rings is 1. The number of benzene rings is 1. The van der Waals surface area contributed by atoms with Crippen molar-refractivity contribution in [1.82, 2.24) is 15.0 Å². The first-order valence-corrected chi connectivity index (χ1v) is 12.1. The molecule has 0 spiro atoms. The van der Waals surface area contributed by atoms with Gasteiger partial charge < -0.3 is 18.9 Å². The van der Waals surface area contributed by atoms with Crippen LogP contribution in [0.2, 0.25) is 5.02 Å². The third-order valence-electron chi connectivity index (χ3n) is 5.37. The number of fused-ring (bicyclic) bond motifs is 1. The molecule has 0 saturated heterocycles. The van der Waals surface area contributed by atoms with E-state index in [-0.39, 0.29) is 17.7 Å². The van der Waals surface area contributed by atoms with E-state index >= 15 is 0 Å². The van der Waals surface area contributed by atoms with Crippen LogP contribution in [0.3, 0.4) is 0 Å². The Balaban J connectivity index is 1.33. The number of carbonyl (C=O) groups is 2. The lowest BCUT2D eigenvalue weighted by Crippen LogP contribution is -2.37. The molecule has 1 fully saturated rings. The van der Waals surface area contributed by atoms with Crippen molar-refractivity contribution in [2.24, 2.45) is 0 Å². The van der Waals surface area contributed by atoms with E-state index in [1.54, 1.807) is 22.9 Å². The van der Waals surface area contributed by atoms with Gasteiger partial charge in [-0.2, -0.15) is 8.42 Å². The summed E-state index contributed by atoms with van der Waals surface area (Å²) in [5, 5.41) is 2.93. The van der Waals surface area contributed by atoms with E-state index in [1.165, 1.54) is 13.2 Å². The van der Waals surface area contributed by atoms with Crippen LogP contribution >= 0.6 is 11.6 Å². The predicted octanol–water partition coefficient (Wildman–Crippen LogP) is 2.98. The van der Waals surface area contributed by atoms with E-state index < -0.39 is 33.5 Å². The van der Waals surface area contributed by atoms with Crippen molar-refractivity contribution in [3.8, 4) is 0 Å². The van der Waals surface area contributed by atoms with Crippen molar-refractivity contribution < 1.29 is 31.6 Å². The third kappa shape index (κ3) is 5.37. The molecule has 0 aliphatic heterocycles. The van der Waals surface area contributed by atoms with Crippen molar-refractivity contribution in [3.05, 3.63) is 47.0 Å². The van der Waals surface area contributed by atoms with Crippen LogP contribution in [0.1, 0.15) is 48.0 Å². The molecule has 1 aliphatic carbocycles. The monoisotopic (exact) mass is 495 g/mol. The summed E-state index contributed by atoms with van der Waals surface area (Å²) in [7, 11) is -2.97. The number of aromatic nitrogens is 1. The summed E-state index contributed by atoms with van der Waals surface area (Å²) in [6, 6.07) is 7.58. The maximum Gasteiger partial charge on any atom is 0.297 e. The highest BCUT2D eigenvalue weighted by atomic mass is 35.5. The summed E-state index contributed by atoms with van der Waals surface area (Å²) in [6.07, 6.45) is 2.95. The number of nitrogens with one attached hydrogen (secondary N) is 2. The number of hydrogen-bond acceptors (Lipinski definition) is 8. The number of furan rings is 1. The summed E-state index contributed by atoms with van der Waals surface area (Å²) in [5.74, 6) is -0.736. The van der Waals surface area contributed by atoms with Gasteiger partial charge in [0.2, 0.25) is 5.09 Å². The van der Waals surface area contributed by atoms with Gasteiger partial charge in [-0.25, -0.2) is 9.71 Å². The summed E-state index contributed by atoms with van der Waals surface area (Å²) in [6.45, 7) is -0.423. The zero-order valence-corrected chi connectivity index (χ0v) is 19.2. The Bertz CT molecular complexity index is 1280. The predicted molar refractivity (Wildman–Crippen MR) is 117 cm³/mol. The van der Waals surface area contributed by atoms with Gasteiger partial charge >= 0.3 is 0 Å². The fourth-order valence-electron chi connectivity index (χ4n) is 3.78. The zero-order chi connectivity index (χ0) is 23.6. The fraction of sp³-hybridized carbons (Fsp3) is 0.381. The van der Waals surface area contributed by atoms with Gasteiger partial charge in [0.1, 0.15) is 12.1 Å². The average molecular weight is 496 g/mol. The number of nitrogens with zero attached hydrogens (tertiary/aromatic N) is 1. The molecule has 2 N–H and O–H groups in total. The van der Waals surface area contributed by atoms with Gasteiger partial charge in [0.25, 0.3) is 21.8 Å². The van der Waals surface area contributed by atoms with Crippen LogP contribution in [0.5, 0.6) is 0 Å². The lowest BCUT2D eigenvalue weighted by Gasteiger charge is -2.27. The summed E-state index contributed by atoms with van der Waals surface area (Å²) < 4.78 is 41.7. The minimum absolute atomic E-state index is 0.0980. The maximum absolute atomic E-state index is 12.5. The van der Waals surface area contributed by atoms with Gasteiger partial charge in [-0.05, 0) is 56.0 Å². The molecule has 0 unspecified atom stereocenters. The zero-order valence-electron chi connectivity index (χ0n) is 17.7. The molecule has 0 atom stereocenters. The normalized spacial score (nSPS) is 18.8. The molecule has 4 rings (SSSR count). The molecule has 0 bridgehead atoms. The molecule has 1 saturated carbocycles. The molecule has 10 nitrogen and oxygen atoms in total. The molecule has 0 radical (unpaired) electrons. The number of carbonyl (C=O) groups excluding carboxylic acids is 2. The quantitative estimate of drug-likeness (QED) is 0.509. The number of hydrogen-bond donors (Lipinski definition) is 2. The first-order chi connectivity index (χ1) is 15.7. The Kier molecular flexibility index (Phi) is 6.73. The largest absolute Gasteiger partial charge is 0.440 e. The van der Waals surface area contributed by atoms with E-state index in [2.05, 4.69) is 15.0 Å². The molecule has 33 heavy (non-hydrogen) atoms. The first-order valence-electron chi connectivity index (χ1n) is 10.3. The SMILES string of the molecule is COCC(=O)NS(=O)(=O)c1ccc(C(=O)NC2CCC(c3nc4cc(Cl)ccc4o3)CC2)o1. The minimum atomic E-state index is -4.23. The van der Waals surface area contributed by atoms with E-state index in [0.717, 1.165) is 24.4 Å². The molecular formula is C21H22ClN3O7S. The molecular weight excluding hydrogens is 474 g/mol. The average Bonchev–Trinajstić information content (AvgIpc) is 3.42. The molecule has 2 amide bonds. The Morgan fingerprint density at radius 3 is 2.64 bits per heavy atom. The fourth-order valence-corrected chi connectivity index (χ4v) is 4.85. The standard InChI is InChI=1S/C21H22ClN3O7S/c1-30-11-18(26)25-33(28,29)19-9-8-17(31-19)20(27)23-14-5-2-12(3-6-14)21-24-15-10-13(22)4-7-16(15)32-21/h4,7-10,12,14H,2-3,5-6,11H2,1H3,(H,23,27)(H,25,26).